The summed E-state index contributed by atoms with van der Waals surface area (Å²) in [7, 11) is -2.07. The number of imidazole rings is 2. The first-order chi connectivity index (χ1) is 15.8. The van der Waals surface area contributed by atoms with Gasteiger partial charge in [-0.1, -0.05) is 35.9 Å². The number of rotatable bonds is 5. The van der Waals surface area contributed by atoms with Crippen LogP contribution in [0.5, 0.6) is 0 Å². The highest BCUT2D eigenvalue weighted by atomic mass is 35.5. The van der Waals surface area contributed by atoms with Gasteiger partial charge < -0.3 is 9.55 Å². The minimum Gasteiger partial charge on any atom is -0.342 e. The highest BCUT2D eigenvalue weighted by Gasteiger charge is 2.42. The van der Waals surface area contributed by atoms with Crippen molar-refractivity contribution in [3.63, 3.8) is 0 Å². The number of sulfonamides is 1. The van der Waals surface area contributed by atoms with E-state index < -0.39 is 10.0 Å². The molecular formula is C23H21ClFN5O2S. The Morgan fingerprint density at radius 2 is 1.85 bits per heavy atom. The minimum absolute atomic E-state index is 0.00238. The molecule has 2 aromatic carbocycles. The van der Waals surface area contributed by atoms with Gasteiger partial charge in [0.25, 0.3) is 10.0 Å². The van der Waals surface area contributed by atoms with Crippen LogP contribution in [0.2, 0.25) is 5.02 Å². The summed E-state index contributed by atoms with van der Waals surface area (Å²) in [6.07, 6.45) is 4.67. The van der Waals surface area contributed by atoms with Crippen molar-refractivity contribution in [3.05, 3.63) is 89.5 Å². The molecule has 3 heterocycles. The normalized spacial score (nSPS) is 19.2. The van der Waals surface area contributed by atoms with Gasteiger partial charge in [0.05, 0.1) is 18.2 Å². The smallest absolute Gasteiger partial charge is 0.262 e. The Morgan fingerprint density at radius 1 is 1.09 bits per heavy atom. The first-order valence-electron chi connectivity index (χ1n) is 10.4. The molecule has 7 nitrogen and oxygen atoms in total. The molecule has 1 fully saturated rings. The molecule has 5 rings (SSSR count). The third kappa shape index (κ3) is 4.19. The largest absolute Gasteiger partial charge is 0.342 e. The highest BCUT2D eigenvalue weighted by molar-refractivity contribution is 7.89. The summed E-state index contributed by atoms with van der Waals surface area (Å²) in [5.41, 5.74) is 2.52. The Morgan fingerprint density at radius 3 is 2.55 bits per heavy atom. The number of benzene rings is 2. The van der Waals surface area contributed by atoms with Crippen molar-refractivity contribution in [2.24, 2.45) is 7.05 Å². The predicted octanol–water partition coefficient (Wildman–Crippen LogP) is 4.17. The van der Waals surface area contributed by atoms with Gasteiger partial charge >= 0.3 is 0 Å². The fourth-order valence-electron chi connectivity index (χ4n) is 4.27. The van der Waals surface area contributed by atoms with E-state index in [2.05, 4.69) is 15.0 Å². The van der Waals surface area contributed by atoms with E-state index in [1.165, 1.54) is 29.0 Å². The van der Waals surface area contributed by atoms with Gasteiger partial charge in [-0.25, -0.2) is 22.8 Å². The Hall–Kier alpha value is -3.01. The van der Waals surface area contributed by atoms with Gasteiger partial charge in [-0.3, -0.25) is 0 Å². The van der Waals surface area contributed by atoms with Crippen molar-refractivity contribution < 1.29 is 12.8 Å². The summed E-state index contributed by atoms with van der Waals surface area (Å²) in [4.78, 5) is 12.0. The summed E-state index contributed by atoms with van der Waals surface area (Å²) in [6.45, 7) is 0.464. The van der Waals surface area contributed by atoms with E-state index in [0.29, 0.717) is 10.8 Å². The van der Waals surface area contributed by atoms with Gasteiger partial charge in [0.1, 0.15) is 11.6 Å². The van der Waals surface area contributed by atoms with Gasteiger partial charge in [0.15, 0.2) is 5.03 Å². The van der Waals surface area contributed by atoms with Crippen LogP contribution in [0, 0.1) is 5.82 Å². The van der Waals surface area contributed by atoms with Crippen LogP contribution in [0.3, 0.4) is 0 Å². The summed E-state index contributed by atoms with van der Waals surface area (Å²) in [5, 5.41) is 0.615. The lowest BCUT2D eigenvalue weighted by Gasteiger charge is -2.17. The maximum absolute atomic E-state index is 13.6. The monoisotopic (exact) mass is 485 g/mol. The predicted molar refractivity (Wildman–Crippen MR) is 123 cm³/mol. The van der Waals surface area contributed by atoms with Crippen molar-refractivity contribution in [2.75, 3.05) is 13.1 Å². The van der Waals surface area contributed by atoms with Crippen LogP contribution in [0.4, 0.5) is 4.39 Å². The molecule has 1 aliphatic rings. The lowest BCUT2D eigenvalue weighted by molar-refractivity contribution is 0.467. The quantitative estimate of drug-likeness (QED) is 0.459. The number of halogens is 2. The second-order valence-corrected chi connectivity index (χ2v) is 10.5. The van der Waals surface area contributed by atoms with Gasteiger partial charge in [-0.2, -0.15) is 4.31 Å². The van der Waals surface area contributed by atoms with Crippen LogP contribution in [0.1, 0.15) is 23.2 Å². The third-order valence-electron chi connectivity index (χ3n) is 5.95. The van der Waals surface area contributed by atoms with Crippen molar-refractivity contribution >= 4 is 21.6 Å². The molecule has 0 saturated carbocycles. The maximum atomic E-state index is 13.6. The Labute approximate surface area is 195 Å². The molecule has 2 aromatic heterocycles. The molecule has 0 bridgehead atoms. The third-order valence-corrected chi connectivity index (χ3v) is 7.90. The zero-order valence-corrected chi connectivity index (χ0v) is 19.3. The second kappa shape index (κ2) is 8.40. The molecule has 10 heteroatoms. The van der Waals surface area contributed by atoms with Crippen LogP contribution in [0.15, 0.2) is 72.3 Å². The Balaban J connectivity index is 1.52. The number of H-pyrrole nitrogens is 1. The average Bonchev–Trinajstić information content (AvgIpc) is 3.53. The van der Waals surface area contributed by atoms with Crippen molar-refractivity contribution in [1.29, 1.82) is 0 Å². The first kappa shape index (κ1) is 21.8. The molecule has 1 N–H and O–H groups in total. The molecule has 0 amide bonds. The standard InChI is InChI=1S/C23H21ClFN5O2S/c1-29-13-22(27-14-29)33(31,32)30-11-19(15-5-7-18(25)8-6-15)20(12-30)23-26-10-21(28-23)16-3-2-4-17(24)9-16/h2-10,13-14,19-20H,11-12H2,1H3,(H,26,28)/t19-,20+/m1/s1. The number of hydrogen-bond donors (Lipinski definition) is 1. The zero-order chi connectivity index (χ0) is 23.2. The molecule has 170 valence electrons. The minimum atomic E-state index is -3.79. The summed E-state index contributed by atoms with van der Waals surface area (Å²) >= 11 is 6.13. The van der Waals surface area contributed by atoms with Crippen LogP contribution < -0.4 is 0 Å². The Kier molecular flexibility index (Phi) is 5.55. The summed E-state index contributed by atoms with van der Waals surface area (Å²) in [5.74, 6) is -0.130. The van der Waals surface area contributed by atoms with Crippen LogP contribution in [-0.2, 0) is 17.1 Å². The highest BCUT2D eigenvalue weighted by Crippen LogP contribution is 2.41. The van der Waals surface area contributed by atoms with Gasteiger partial charge in [0.2, 0.25) is 0 Å². The number of aromatic nitrogens is 4. The molecule has 0 spiro atoms. The fourth-order valence-corrected chi connectivity index (χ4v) is 5.92. The number of aryl methyl sites for hydroxylation is 1. The van der Waals surface area contributed by atoms with Crippen LogP contribution in [0.25, 0.3) is 11.3 Å². The molecular weight excluding hydrogens is 465 g/mol. The van der Waals surface area contributed by atoms with Crippen molar-refractivity contribution in [2.45, 2.75) is 16.9 Å². The average molecular weight is 486 g/mol. The molecule has 0 aliphatic carbocycles. The molecule has 4 aromatic rings. The van der Waals surface area contributed by atoms with Crippen molar-refractivity contribution in [3.8, 4) is 11.3 Å². The molecule has 0 radical (unpaired) electrons. The van der Waals surface area contributed by atoms with E-state index in [-0.39, 0.29) is 35.8 Å². The molecule has 0 unspecified atom stereocenters. The topological polar surface area (TPSA) is 83.9 Å². The molecule has 2 atom stereocenters. The Bertz CT molecular complexity index is 1400. The molecule has 1 saturated heterocycles. The number of nitrogens with zero attached hydrogens (tertiary/aromatic N) is 4. The van der Waals surface area contributed by atoms with Crippen LogP contribution in [-0.4, -0.2) is 45.3 Å². The molecule has 33 heavy (non-hydrogen) atoms. The van der Waals surface area contributed by atoms with Gasteiger partial charge in [-0.05, 0) is 29.8 Å². The first-order valence-corrected chi connectivity index (χ1v) is 12.2. The van der Waals surface area contributed by atoms with Crippen molar-refractivity contribution in [1.82, 2.24) is 23.8 Å². The second-order valence-electron chi connectivity index (χ2n) is 8.16. The SMILES string of the molecule is Cn1cnc(S(=O)(=O)N2C[C@H](c3ccc(F)cc3)[C@@H](c3ncc(-c4cccc(Cl)c4)[nH]3)C2)c1. The van der Waals surface area contributed by atoms with Crippen LogP contribution >= 0.6 is 11.6 Å². The molecule has 1 aliphatic heterocycles. The van der Waals surface area contributed by atoms with E-state index in [1.807, 2.05) is 18.2 Å². The van der Waals surface area contributed by atoms with Gasteiger partial charge in [-0.15, -0.1) is 0 Å². The van der Waals surface area contributed by atoms with E-state index in [4.69, 9.17) is 11.6 Å². The van der Waals surface area contributed by atoms with Gasteiger partial charge in [0, 0.05) is 48.8 Å². The zero-order valence-electron chi connectivity index (χ0n) is 17.7. The maximum Gasteiger partial charge on any atom is 0.262 e. The van der Waals surface area contributed by atoms with E-state index in [0.717, 1.165) is 16.8 Å². The summed E-state index contributed by atoms with van der Waals surface area (Å²) < 4.78 is 43.1. The lowest BCUT2D eigenvalue weighted by atomic mass is 9.88. The summed E-state index contributed by atoms with van der Waals surface area (Å²) in [6, 6.07) is 13.6. The van der Waals surface area contributed by atoms with E-state index in [9.17, 15) is 12.8 Å². The number of aromatic amines is 1. The van der Waals surface area contributed by atoms with E-state index in [1.54, 1.807) is 36.0 Å². The number of hydrogen-bond acceptors (Lipinski definition) is 4. The van der Waals surface area contributed by atoms with E-state index >= 15 is 0 Å². The fraction of sp³-hybridized carbons (Fsp3) is 0.217. The number of nitrogens with one attached hydrogen (secondary N) is 1. The lowest BCUT2D eigenvalue weighted by Crippen LogP contribution is -2.29.